The summed E-state index contributed by atoms with van der Waals surface area (Å²) >= 11 is 0. The summed E-state index contributed by atoms with van der Waals surface area (Å²) in [6.07, 6.45) is 0.596. The van der Waals surface area contributed by atoms with Crippen molar-refractivity contribution in [3.63, 3.8) is 0 Å². The van der Waals surface area contributed by atoms with Crippen LogP contribution >= 0.6 is 0 Å². The lowest BCUT2D eigenvalue weighted by Gasteiger charge is -2.26. The van der Waals surface area contributed by atoms with E-state index in [0.717, 1.165) is 5.56 Å². The van der Waals surface area contributed by atoms with E-state index in [0.29, 0.717) is 6.42 Å². The Morgan fingerprint density at radius 2 is 1.67 bits per heavy atom. The third-order valence-corrected chi connectivity index (χ3v) is 3.31. The highest BCUT2D eigenvalue weighted by Gasteiger charge is 2.36. The summed E-state index contributed by atoms with van der Waals surface area (Å²) in [6.45, 7) is 3.33. The van der Waals surface area contributed by atoms with E-state index in [1.807, 2.05) is 37.3 Å². The molecule has 0 radical (unpaired) electrons. The Morgan fingerprint density at radius 1 is 1.11 bits per heavy atom. The summed E-state index contributed by atoms with van der Waals surface area (Å²) in [4.78, 5) is 22.4. The maximum atomic E-state index is 11.4. The van der Waals surface area contributed by atoms with Crippen molar-refractivity contribution in [3.8, 4) is 0 Å². The lowest BCUT2D eigenvalue weighted by molar-refractivity contribution is -0.154. The number of carboxylic acids is 2. The van der Waals surface area contributed by atoms with Gasteiger partial charge in [-0.1, -0.05) is 44.2 Å². The minimum Gasteiger partial charge on any atom is -0.481 e. The molecule has 0 saturated heterocycles. The van der Waals surface area contributed by atoms with Crippen LogP contribution in [0.5, 0.6) is 0 Å². The number of carboxylic acid groups (broad SMARTS) is 2. The van der Waals surface area contributed by atoms with Crippen LogP contribution in [-0.4, -0.2) is 22.2 Å². The van der Waals surface area contributed by atoms with Gasteiger partial charge in [-0.25, -0.2) is 0 Å². The van der Waals surface area contributed by atoms with Gasteiger partial charge in [-0.15, -0.1) is 0 Å². The topological polar surface area (TPSA) is 74.6 Å². The van der Waals surface area contributed by atoms with Gasteiger partial charge in [-0.2, -0.15) is 0 Å². The normalized spacial score (nSPS) is 15.7. The zero-order valence-corrected chi connectivity index (χ0v) is 10.5. The highest BCUT2D eigenvalue weighted by atomic mass is 16.4. The molecule has 0 fully saturated rings. The highest BCUT2D eigenvalue weighted by molar-refractivity contribution is 5.80. The molecule has 0 saturated carbocycles. The maximum absolute atomic E-state index is 11.4. The van der Waals surface area contributed by atoms with Gasteiger partial charge >= 0.3 is 11.9 Å². The van der Waals surface area contributed by atoms with Crippen molar-refractivity contribution in [3.05, 3.63) is 35.9 Å². The minimum absolute atomic E-state index is 0.283. The quantitative estimate of drug-likeness (QED) is 0.813. The maximum Gasteiger partial charge on any atom is 0.307 e. The molecule has 0 amide bonds. The Balaban J connectivity index is 3.10. The standard InChI is InChI=1S/C14H18O4/c1-3-11(10-7-5-4-6-8-10)12(14(17)18)9(2)13(15)16/h4-9,11-12H,3H2,1-2H3,(H,15,16)(H,17,18). The molecule has 4 heteroatoms. The van der Waals surface area contributed by atoms with Gasteiger partial charge in [0.2, 0.25) is 0 Å². The van der Waals surface area contributed by atoms with E-state index in [1.165, 1.54) is 6.92 Å². The average molecular weight is 250 g/mol. The molecule has 3 atom stereocenters. The Morgan fingerprint density at radius 3 is 2.06 bits per heavy atom. The molecular formula is C14H18O4. The van der Waals surface area contributed by atoms with Crippen molar-refractivity contribution >= 4 is 11.9 Å². The SMILES string of the molecule is CCC(c1ccccc1)C(C(=O)O)C(C)C(=O)O. The third-order valence-electron chi connectivity index (χ3n) is 3.31. The number of rotatable bonds is 6. The first-order valence-corrected chi connectivity index (χ1v) is 5.99. The van der Waals surface area contributed by atoms with Crippen LogP contribution < -0.4 is 0 Å². The minimum atomic E-state index is -1.07. The Kier molecular flexibility index (Phi) is 4.89. The predicted octanol–water partition coefficient (Wildman–Crippen LogP) is 2.60. The molecular weight excluding hydrogens is 232 g/mol. The molecule has 18 heavy (non-hydrogen) atoms. The van der Waals surface area contributed by atoms with Crippen molar-refractivity contribution in [2.75, 3.05) is 0 Å². The molecule has 0 aliphatic heterocycles. The number of hydrogen-bond donors (Lipinski definition) is 2. The monoisotopic (exact) mass is 250 g/mol. The average Bonchev–Trinajstić information content (AvgIpc) is 2.35. The first kappa shape index (κ1) is 14.2. The molecule has 2 N–H and O–H groups in total. The molecule has 0 heterocycles. The summed E-state index contributed by atoms with van der Waals surface area (Å²) in [7, 11) is 0. The van der Waals surface area contributed by atoms with E-state index in [2.05, 4.69) is 0 Å². The molecule has 1 rings (SSSR count). The lowest BCUT2D eigenvalue weighted by Crippen LogP contribution is -2.32. The zero-order valence-electron chi connectivity index (χ0n) is 10.5. The van der Waals surface area contributed by atoms with Gasteiger partial charge in [0.05, 0.1) is 11.8 Å². The summed E-state index contributed by atoms with van der Waals surface area (Å²) in [5, 5.41) is 18.3. The number of carbonyl (C=O) groups is 2. The van der Waals surface area contributed by atoms with Gasteiger partial charge in [0.25, 0.3) is 0 Å². The zero-order chi connectivity index (χ0) is 13.7. The van der Waals surface area contributed by atoms with Gasteiger partial charge in [0.1, 0.15) is 0 Å². The van der Waals surface area contributed by atoms with Crippen LogP contribution in [0.2, 0.25) is 0 Å². The van der Waals surface area contributed by atoms with Crippen molar-refractivity contribution in [1.82, 2.24) is 0 Å². The molecule has 98 valence electrons. The lowest BCUT2D eigenvalue weighted by atomic mass is 9.77. The van der Waals surface area contributed by atoms with Crippen LogP contribution in [0.4, 0.5) is 0 Å². The van der Waals surface area contributed by atoms with Crippen LogP contribution in [0, 0.1) is 11.8 Å². The van der Waals surface area contributed by atoms with Crippen LogP contribution in [0.1, 0.15) is 31.7 Å². The smallest absolute Gasteiger partial charge is 0.307 e. The molecule has 0 aromatic heterocycles. The second-order valence-corrected chi connectivity index (χ2v) is 4.42. The fourth-order valence-electron chi connectivity index (χ4n) is 2.29. The van der Waals surface area contributed by atoms with Gasteiger partial charge in [0.15, 0.2) is 0 Å². The van der Waals surface area contributed by atoms with Crippen molar-refractivity contribution < 1.29 is 19.8 Å². The Bertz CT molecular complexity index is 413. The van der Waals surface area contributed by atoms with Gasteiger partial charge < -0.3 is 10.2 Å². The Hall–Kier alpha value is -1.84. The van der Waals surface area contributed by atoms with Gasteiger partial charge in [-0.05, 0) is 17.9 Å². The summed E-state index contributed by atoms with van der Waals surface area (Å²) < 4.78 is 0. The molecule has 0 bridgehead atoms. The van der Waals surface area contributed by atoms with E-state index < -0.39 is 23.8 Å². The van der Waals surface area contributed by atoms with Crippen LogP contribution in [-0.2, 0) is 9.59 Å². The molecule has 3 unspecified atom stereocenters. The highest BCUT2D eigenvalue weighted by Crippen LogP contribution is 2.33. The van der Waals surface area contributed by atoms with E-state index in [4.69, 9.17) is 5.11 Å². The molecule has 0 aliphatic rings. The molecule has 1 aromatic carbocycles. The second-order valence-electron chi connectivity index (χ2n) is 4.42. The largest absolute Gasteiger partial charge is 0.481 e. The number of hydrogen-bond acceptors (Lipinski definition) is 2. The van der Waals surface area contributed by atoms with E-state index in [9.17, 15) is 14.7 Å². The van der Waals surface area contributed by atoms with E-state index >= 15 is 0 Å². The number of aliphatic carboxylic acids is 2. The fourth-order valence-corrected chi connectivity index (χ4v) is 2.29. The fraction of sp³-hybridized carbons (Fsp3) is 0.429. The molecule has 0 spiro atoms. The molecule has 4 nitrogen and oxygen atoms in total. The van der Waals surface area contributed by atoms with Crippen molar-refractivity contribution in [2.24, 2.45) is 11.8 Å². The summed E-state index contributed by atoms with van der Waals surface area (Å²) in [5.41, 5.74) is 0.875. The van der Waals surface area contributed by atoms with Gasteiger partial charge in [-0.3, -0.25) is 9.59 Å². The second kappa shape index (κ2) is 6.19. The summed E-state index contributed by atoms with van der Waals surface area (Å²) in [6, 6.07) is 9.22. The van der Waals surface area contributed by atoms with Crippen LogP contribution in [0.25, 0.3) is 0 Å². The van der Waals surface area contributed by atoms with Crippen molar-refractivity contribution in [2.45, 2.75) is 26.2 Å². The van der Waals surface area contributed by atoms with Crippen molar-refractivity contribution in [1.29, 1.82) is 0 Å². The van der Waals surface area contributed by atoms with Crippen LogP contribution in [0.3, 0.4) is 0 Å². The van der Waals surface area contributed by atoms with Crippen LogP contribution in [0.15, 0.2) is 30.3 Å². The third kappa shape index (κ3) is 3.09. The predicted molar refractivity (Wildman–Crippen MR) is 67.4 cm³/mol. The summed E-state index contributed by atoms with van der Waals surface area (Å²) in [5.74, 6) is -4.23. The molecule has 1 aromatic rings. The first-order chi connectivity index (χ1) is 8.49. The van der Waals surface area contributed by atoms with Gasteiger partial charge in [0, 0.05) is 0 Å². The Labute approximate surface area is 106 Å². The first-order valence-electron chi connectivity index (χ1n) is 5.99. The van der Waals surface area contributed by atoms with E-state index in [1.54, 1.807) is 0 Å². The molecule has 0 aliphatic carbocycles. The number of benzene rings is 1. The van der Waals surface area contributed by atoms with E-state index in [-0.39, 0.29) is 5.92 Å².